The molecular formula is C15H18N6OS. The molecular weight excluding hydrogens is 312 g/mol. The highest BCUT2D eigenvalue weighted by molar-refractivity contribution is 7.15. The van der Waals surface area contributed by atoms with Crippen LogP contribution in [0.2, 0.25) is 0 Å². The summed E-state index contributed by atoms with van der Waals surface area (Å²) in [6.45, 7) is 6.44. The number of rotatable bonds is 4. The first-order valence-corrected chi connectivity index (χ1v) is 8.16. The molecule has 0 saturated heterocycles. The molecule has 0 spiro atoms. The van der Waals surface area contributed by atoms with Crippen molar-refractivity contribution in [3.63, 3.8) is 0 Å². The second kappa shape index (κ2) is 6.33. The number of nitrogens with one attached hydrogen (secondary N) is 2. The molecule has 0 aromatic carbocycles. The van der Waals surface area contributed by atoms with Crippen molar-refractivity contribution < 1.29 is 4.79 Å². The Balaban J connectivity index is 1.60. The van der Waals surface area contributed by atoms with E-state index in [1.165, 1.54) is 11.3 Å². The van der Waals surface area contributed by atoms with Crippen LogP contribution in [-0.4, -0.2) is 25.6 Å². The van der Waals surface area contributed by atoms with Crippen molar-refractivity contribution in [2.75, 3.05) is 5.32 Å². The van der Waals surface area contributed by atoms with Crippen LogP contribution in [0.15, 0.2) is 24.4 Å². The van der Waals surface area contributed by atoms with E-state index in [0.29, 0.717) is 17.6 Å². The summed E-state index contributed by atoms with van der Waals surface area (Å²) in [5.41, 5.74) is 2.77. The van der Waals surface area contributed by atoms with Crippen LogP contribution >= 0.6 is 11.3 Å². The smallest absolute Gasteiger partial charge is 0.321 e. The van der Waals surface area contributed by atoms with Gasteiger partial charge in [0.1, 0.15) is 10.7 Å². The van der Waals surface area contributed by atoms with Crippen LogP contribution in [0.25, 0.3) is 5.65 Å². The molecule has 0 radical (unpaired) electrons. The van der Waals surface area contributed by atoms with Crippen LogP contribution in [0.1, 0.15) is 36.2 Å². The zero-order valence-electron chi connectivity index (χ0n) is 13.2. The monoisotopic (exact) mass is 330 g/mol. The van der Waals surface area contributed by atoms with Gasteiger partial charge < -0.3 is 9.72 Å². The normalized spacial score (nSPS) is 11.1. The highest BCUT2D eigenvalue weighted by Gasteiger charge is 2.11. The van der Waals surface area contributed by atoms with Crippen molar-refractivity contribution >= 4 is 28.1 Å². The number of aryl methyl sites for hydroxylation is 1. The summed E-state index contributed by atoms with van der Waals surface area (Å²) >= 11 is 1.38. The van der Waals surface area contributed by atoms with Crippen molar-refractivity contribution in [1.29, 1.82) is 0 Å². The van der Waals surface area contributed by atoms with Crippen LogP contribution in [-0.2, 0) is 6.54 Å². The zero-order chi connectivity index (χ0) is 16.4. The summed E-state index contributed by atoms with van der Waals surface area (Å²) in [7, 11) is 0. The lowest BCUT2D eigenvalue weighted by Crippen LogP contribution is -2.28. The zero-order valence-corrected chi connectivity index (χ0v) is 14.0. The Morgan fingerprint density at radius 3 is 2.87 bits per heavy atom. The predicted molar refractivity (Wildman–Crippen MR) is 89.8 cm³/mol. The van der Waals surface area contributed by atoms with Crippen molar-refractivity contribution in [2.24, 2.45) is 0 Å². The fourth-order valence-corrected chi connectivity index (χ4v) is 2.86. The number of carbonyl (C=O) groups is 1. The number of nitrogens with zero attached hydrogens (tertiary/aromatic N) is 4. The molecule has 3 heterocycles. The third kappa shape index (κ3) is 3.48. The van der Waals surface area contributed by atoms with Crippen LogP contribution in [0.3, 0.4) is 0 Å². The molecule has 2 amide bonds. The van der Waals surface area contributed by atoms with Gasteiger partial charge in [0, 0.05) is 17.8 Å². The minimum absolute atomic E-state index is 0.298. The van der Waals surface area contributed by atoms with E-state index in [0.717, 1.165) is 22.0 Å². The Bertz CT molecular complexity index is 837. The number of anilines is 1. The van der Waals surface area contributed by atoms with Crippen LogP contribution in [0, 0.1) is 6.92 Å². The predicted octanol–water partition coefficient (Wildman–Crippen LogP) is 2.94. The topological polar surface area (TPSA) is 84.2 Å². The first-order chi connectivity index (χ1) is 11.0. The minimum Gasteiger partial charge on any atom is -0.332 e. The number of carbonyl (C=O) groups excluding carboxylic acids is 1. The van der Waals surface area contributed by atoms with E-state index < -0.39 is 0 Å². The van der Waals surface area contributed by atoms with E-state index in [1.807, 2.05) is 49.6 Å². The molecule has 0 fully saturated rings. The summed E-state index contributed by atoms with van der Waals surface area (Å²) in [5, 5.41) is 14.9. The first-order valence-electron chi connectivity index (χ1n) is 7.35. The number of pyridine rings is 1. The summed E-state index contributed by atoms with van der Waals surface area (Å²) in [5.74, 6) is 0.298. The highest BCUT2D eigenvalue weighted by atomic mass is 32.1. The molecule has 3 aromatic heterocycles. The second-order valence-corrected chi connectivity index (χ2v) is 6.54. The van der Waals surface area contributed by atoms with E-state index in [2.05, 4.69) is 25.8 Å². The SMILES string of the molecule is Cc1cccc2nc(CNC(=O)Nc3nnc(C(C)C)s3)cn12. The summed E-state index contributed by atoms with van der Waals surface area (Å²) in [6.07, 6.45) is 1.92. The Morgan fingerprint density at radius 2 is 2.17 bits per heavy atom. The van der Waals surface area contributed by atoms with E-state index in [-0.39, 0.29) is 6.03 Å². The number of aromatic nitrogens is 4. The van der Waals surface area contributed by atoms with E-state index in [9.17, 15) is 4.79 Å². The third-order valence-corrected chi connectivity index (χ3v) is 4.47. The van der Waals surface area contributed by atoms with Gasteiger partial charge in [0.15, 0.2) is 0 Å². The lowest BCUT2D eigenvalue weighted by atomic mass is 10.2. The Morgan fingerprint density at radius 1 is 1.35 bits per heavy atom. The fraction of sp³-hybridized carbons (Fsp3) is 0.333. The molecule has 120 valence electrons. The second-order valence-electron chi connectivity index (χ2n) is 5.54. The summed E-state index contributed by atoms with van der Waals surface area (Å²) in [4.78, 5) is 16.4. The molecule has 3 rings (SSSR count). The van der Waals surface area contributed by atoms with Gasteiger partial charge >= 0.3 is 6.03 Å². The van der Waals surface area contributed by atoms with Crippen LogP contribution in [0.5, 0.6) is 0 Å². The molecule has 0 aliphatic heterocycles. The lowest BCUT2D eigenvalue weighted by molar-refractivity contribution is 0.251. The van der Waals surface area contributed by atoms with Gasteiger partial charge in [-0.1, -0.05) is 31.3 Å². The molecule has 3 aromatic rings. The maximum Gasteiger partial charge on any atom is 0.321 e. The van der Waals surface area contributed by atoms with Crippen molar-refractivity contribution in [1.82, 2.24) is 24.9 Å². The van der Waals surface area contributed by atoms with Gasteiger partial charge in [-0.2, -0.15) is 0 Å². The molecule has 0 unspecified atom stereocenters. The standard InChI is InChI=1S/C15H18N6OS/c1-9(2)13-19-20-15(23-13)18-14(22)16-7-11-8-21-10(3)5-4-6-12(21)17-11/h4-6,8-9H,7H2,1-3H3,(H2,16,18,20,22). The maximum absolute atomic E-state index is 11.9. The molecule has 0 saturated carbocycles. The number of imidazole rings is 1. The Hall–Kier alpha value is -2.48. The van der Waals surface area contributed by atoms with Crippen molar-refractivity contribution in [3.05, 3.63) is 40.8 Å². The Labute approximate surface area is 137 Å². The largest absolute Gasteiger partial charge is 0.332 e. The molecule has 23 heavy (non-hydrogen) atoms. The Kier molecular flexibility index (Phi) is 4.24. The van der Waals surface area contributed by atoms with E-state index in [4.69, 9.17) is 0 Å². The minimum atomic E-state index is -0.315. The molecule has 2 N–H and O–H groups in total. The molecule has 8 heteroatoms. The molecule has 7 nitrogen and oxygen atoms in total. The molecule has 0 atom stereocenters. The van der Waals surface area contributed by atoms with E-state index >= 15 is 0 Å². The molecule has 0 aliphatic rings. The first kappa shape index (κ1) is 15.4. The van der Waals surface area contributed by atoms with Gasteiger partial charge in [0.05, 0.1) is 12.2 Å². The molecule has 0 bridgehead atoms. The average molecular weight is 330 g/mol. The lowest BCUT2D eigenvalue weighted by Gasteiger charge is -2.02. The number of amides is 2. The van der Waals surface area contributed by atoms with Crippen molar-refractivity contribution in [3.8, 4) is 0 Å². The van der Waals surface area contributed by atoms with Gasteiger partial charge in [-0.3, -0.25) is 5.32 Å². The van der Waals surface area contributed by atoms with Gasteiger partial charge in [0.25, 0.3) is 0 Å². The quantitative estimate of drug-likeness (QED) is 0.770. The third-order valence-electron chi connectivity index (χ3n) is 3.33. The van der Waals surface area contributed by atoms with Gasteiger partial charge in [-0.15, -0.1) is 10.2 Å². The summed E-state index contributed by atoms with van der Waals surface area (Å²) in [6, 6.07) is 5.60. The number of hydrogen-bond donors (Lipinski definition) is 2. The van der Waals surface area contributed by atoms with Crippen molar-refractivity contribution in [2.45, 2.75) is 33.2 Å². The van der Waals surface area contributed by atoms with E-state index in [1.54, 1.807) is 0 Å². The van der Waals surface area contributed by atoms with Crippen LogP contribution < -0.4 is 10.6 Å². The summed E-state index contributed by atoms with van der Waals surface area (Å²) < 4.78 is 1.99. The fourth-order valence-electron chi connectivity index (χ4n) is 2.11. The maximum atomic E-state index is 11.9. The van der Waals surface area contributed by atoms with Gasteiger partial charge in [0.2, 0.25) is 5.13 Å². The van der Waals surface area contributed by atoms with Gasteiger partial charge in [-0.25, -0.2) is 9.78 Å². The van der Waals surface area contributed by atoms with Gasteiger partial charge in [-0.05, 0) is 19.1 Å². The number of hydrogen-bond acceptors (Lipinski definition) is 5. The molecule has 0 aliphatic carbocycles. The van der Waals surface area contributed by atoms with Crippen LogP contribution in [0.4, 0.5) is 9.93 Å². The highest BCUT2D eigenvalue weighted by Crippen LogP contribution is 2.22. The number of urea groups is 1. The average Bonchev–Trinajstić information content (AvgIpc) is 3.12. The number of fused-ring (bicyclic) bond motifs is 1.